The highest BCUT2D eigenvalue weighted by molar-refractivity contribution is 5.92. The Morgan fingerprint density at radius 1 is 1.35 bits per heavy atom. The van der Waals surface area contributed by atoms with Gasteiger partial charge in [0, 0.05) is 5.56 Å². The van der Waals surface area contributed by atoms with Crippen LogP contribution in [0.25, 0.3) is 0 Å². The Balaban J connectivity index is 3.31. The molecule has 0 unspecified atom stereocenters. The molecule has 1 aromatic carbocycles. The van der Waals surface area contributed by atoms with E-state index in [9.17, 15) is 18.0 Å². The first kappa shape index (κ1) is 12.6. The van der Waals surface area contributed by atoms with Crippen molar-refractivity contribution in [2.45, 2.75) is 6.18 Å². The monoisotopic (exact) mass is 238 g/mol. The van der Waals surface area contributed by atoms with Gasteiger partial charge in [-0.15, -0.1) is 0 Å². The number of benzene rings is 1. The van der Waals surface area contributed by atoms with Crippen LogP contribution in [-0.2, 0) is 11.0 Å². The first-order valence-corrected chi connectivity index (χ1v) is 4.27. The van der Waals surface area contributed by atoms with Crippen LogP contribution in [0.2, 0.25) is 0 Å². The lowest BCUT2D eigenvalue weighted by Crippen LogP contribution is -2.08. The van der Waals surface area contributed by atoms with Gasteiger partial charge in [-0.25, -0.2) is 0 Å². The molecular weight excluding hydrogens is 233 g/mol. The number of alkyl halides is 3. The summed E-state index contributed by atoms with van der Waals surface area (Å²) in [5, 5.41) is 8.53. The van der Waals surface area contributed by atoms with Gasteiger partial charge in [-0.1, -0.05) is 5.92 Å². The zero-order valence-corrected chi connectivity index (χ0v) is 8.30. The highest BCUT2D eigenvalue weighted by Crippen LogP contribution is 2.32. The predicted molar refractivity (Wildman–Crippen MR) is 52.2 cm³/mol. The molecule has 0 heterocycles. The molecule has 0 spiro atoms. The number of hydrogen-bond acceptors (Lipinski definition) is 2. The molecule has 17 heavy (non-hydrogen) atoms. The van der Waals surface area contributed by atoms with Gasteiger partial charge in [0.25, 0.3) is 5.91 Å². The second-order valence-corrected chi connectivity index (χ2v) is 2.98. The summed E-state index contributed by atoms with van der Waals surface area (Å²) < 4.78 is 37.6. The number of rotatable bonds is 0. The van der Waals surface area contributed by atoms with Crippen molar-refractivity contribution in [2.24, 2.45) is 5.73 Å². The summed E-state index contributed by atoms with van der Waals surface area (Å²) in [6, 6.07) is 4.34. The average Bonchev–Trinajstić information content (AvgIpc) is 2.24. The number of carbonyl (C=O) groups excluding carboxylic acids is 1. The number of carbonyl (C=O) groups is 1. The van der Waals surface area contributed by atoms with Gasteiger partial charge in [-0.3, -0.25) is 4.79 Å². The van der Waals surface area contributed by atoms with E-state index in [0.717, 1.165) is 6.07 Å². The molecule has 1 rings (SSSR count). The Labute approximate surface area is 94.6 Å². The third-order valence-electron chi connectivity index (χ3n) is 1.78. The number of halogens is 3. The highest BCUT2D eigenvalue weighted by Gasteiger charge is 2.33. The van der Waals surface area contributed by atoms with E-state index >= 15 is 0 Å². The summed E-state index contributed by atoms with van der Waals surface area (Å²) in [5.74, 6) is 3.15. The lowest BCUT2D eigenvalue weighted by Gasteiger charge is -2.08. The molecule has 1 amide bonds. The maximum Gasteiger partial charge on any atom is 0.417 e. The Hall–Kier alpha value is -2.47. The van der Waals surface area contributed by atoms with E-state index in [4.69, 9.17) is 11.0 Å². The number of amides is 1. The number of nitrogens with two attached hydrogens (primary N) is 1. The van der Waals surface area contributed by atoms with Crippen LogP contribution >= 0.6 is 0 Å². The first-order valence-electron chi connectivity index (χ1n) is 4.27. The van der Waals surface area contributed by atoms with Crippen LogP contribution in [0.3, 0.4) is 0 Å². The molecule has 0 saturated carbocycles. The van der Waals surface area contributed by atoms with E-state index in [1.165, 1.54) is 12.1 Å². The van der Waals surface area contributed by atoms with Crippen molar-refractivity contribution < 1.29 is 18.0 Å². The van der Waals surface area contributed by atoms with E-state index in [2.05, 4.69) is 5.92 Å². The number of nitrogens with zero attached hydrogens (tertiary/aromatic N) is 1. The van der Waals surface area contributed by atoms with Crippen LogP contribution in [0.5, 0.6) is 0 Å². The molecule has 0 aliphatic carbocycles. The van der Waals surface area contributed by atoms with Crippen LogP contribution in [0.4, 0.5) is 13.2 Å². The predicted octanol–water partition coefficient (Wildman–Crippen LogP) is 1.41. The van der Waals surface area contributed by atoms with Crippen LogP contribution in [0.15, 0.2) is 18.2 Å². The van der Waals surface area contributed by atoms with Gasteiger partial charge in [0.05, 0.1) is 17.2 Å². The second kappa shape index (κ2) is 4.58. The van der Waals surface area contributed by atoms with Gasteiger partial charge in [0.2, 0.25) is 0 Å². The molecule has 0 aliphatic heterocycles. The van der Waals surface area contributed by atoms with E-state index in [1.807, 2.05) is 5.92 Å². The van der Waals surface area contributed by atoms with E-state index < -0.39 is 23.2 Å². The lowest BCUT2D eigenvalue weighted by molar-refractivity contribution is -0.137. The quantitative estimate of drug-likeness (QED) is 0.694. The van der Waals surface area contributed by atoms with Gasteiger partial charge in [0.1, 0.15) is 0 Å². The fourth-order valence-corrected chi connectivity index (χ4v) is 1.09. The molecule has 0 saturated heterocycles. The second-order valence-electron chi connectivity index (χ2n) is 2.98. The van der Waals surface area contributed by atoms with Gasteiger partial charge in [0.15, 0.2) is 0 Å². The molecule has 86 valence electrons. The minimum Gasteiger partial charge on any atom is -0.359 e. The molecule has 3 nitrogen and oxygen atoms in total. The van der Waals surface area contributed by atoms with Crippen LogP contribution in [0.1, 0.15) is 16.7 Å². The van der Waals surface area contributed by atoms with Crippen molar-refractivity contribution in [3.05, 3.63) is 34.9 Å². The molecule has 0 fully saturated rings. The van der Waals surface area contributed by atoms with E-state index in [0.29, 0.717) is 6.07 Å². The summed E-state index contributed by atoms with van der Waals surface area (Å²) >= 11 is 0. The van der Waals surface area contributed by atoms with Crippen molar-refractivity contribution >= 4 is 5.91 Å². The van der Waals surface area contributed by atoms with Gasteiger partial charge in [-0.05, 0) is 24.1 Å². The highest BCUT2D eigenvalue weighted by atomic mass is 19.4. The molecule has 0 atom stereocenters. The molecular formula is C11H5F3N2O. The van der Waals surface area contributed by atoms with Crippen LogP contribution in [0, 0.1) is 23.2 Å². The van der Waals surface area contributed by atoms with Gasteiger partial charge >= 0.3 is 6.18 Å². The van der Waals surface area contributed by atoms with Crippen molar-refractivity contribution in [3.63, 3.8) is 0 Å². The Bertz CT molecular complexity index is 559. The molecule has 0 aromatic heterocycles. The van der Waals surface area contributed by atoms with Crippen LogP contribution in [-0.4, -0.2) is 5.91 Å². The fraction of sp³-hybridized carbons (Fsp3) is 0.0909. The molecule has 1 aromatic rings. The maximum atomic E-state index is 12.5. The summed E-state index contributed by atoms with van der Waals surface area (Å²) in [7, 11) is 0. The van der Waals surface area contributed by atoms with Crippen LogP contribution < -0.4 is 5.73 Å². The molecule has 0 bridgehead atoms. The maximum absolute atomic E-state index is 12.5. The number of nitriles is 1. The number of primary amides is 1. The summed E-state index contributed by atoms with van der Waals surface area (Å²) in [6.45, 7) is 0. The third-order valence-corrected chi connectivity index (χ3v) is 1.78. The third kappa shape index (κ3) is 3.25. The van der Waals surface area contributed by atoms with Crippen molar-refractivity contribution in [1.29, 1.82) is 5.26 Å². The molecule has 6 heteroatoms. The van der Waals surface area contributed by atoms with Gasteiger partial charge in [-0.2, -0.15) is 18.4 Å². The normalized spacial score (nSPS) is 10.0. The largest absolute Gasteiger partial charge is 0.417 e. The Morgan fingerprint density at radius 3 is 2.47 bits per heavy atom. The zero-order chi connectivity index (χ0) is 13.1. The van der Waals surface area contributed by atoms with Gasteiger partial charge < -0.3 is 5.73 Å². The molecule has 0 aliphatic rings. The Morgan fingerprint density at radius 2 is 2.00 bits per heavy atom. The SMILES string of the molecule is N#Cc1ccc(C#CC(N)=O)cc1C(F)(F)F. The lowest BCUT2D eigenvalue weighted by atomic mass is 10.0. The summed E-state index contributed by atoms with van der Waals surface area (Å²) in [5.41, 5.74) is 3.12. The molecule has 0 radical (unpaired) electrons. The number of hydrogen-bond donors (Lipinski definition) is 1. The average molecular weight is 238 g/mol. The summed E-state index contributed by atoms with van der Waals surface area (Å²) in [6.07, 6.45) is -4.64. The van der Waals surface area contributed by atoms with Crippen molar-refractivity contribution in [1.82, 2.24) is 0 Å². The first-order chi connectivity index (χ1) is 7.84. The fourth-order valence-electron chi connectivity index (χ4n) is 1.09. The standard InChI is InChI=1S/C11H5F3N2O/c12-11(13,14)9-5-7(2-4-10(16)17)1-3-8(9)6-15/h1,3,5H,(H2,16,17). The minimum absolute atomic E-state index is 0.0323. The Kier molecular flexibility index (Phi) is 3.40. The van der Waals surface area contributed by atoms with Crippen molar-refractivity contribution in [2.75, 3.05) is 0 Å². The minimum atomic E-state index is -4.64. The van der Waals surface area contributed by atoms with E-state index in [1.54, 1.807) is 0 Å². The smallest absolute Gasteiger partial charge is 0.359 e. The topological polar surface area (TPSA) is 66.9 Å². The molecule has 2 N–H and O–H groups in total. The van der Waals surface area contributed by atoms with Crippen molar-refractivity contribution in [3.8, 4) is 17.9 Å². The summed E-state index contributed by atoms with van der Waals surface area (Å²) in [4.78, 5) is 10.4. The zero-order valence-electron chi connectivity index (χ0n) is 8.30. The van der Waals surface area contributed by atoms with E-state index in [-0.39, 0.29) is 5.56 Å².